The van der Waals surface area contributed by atoms with E-state index in [1.165, 1.54) is 0 Å². The minimum Gasteiger partial charge on any atom is -0.355 e. The van der Waals surface area contributed by atoms with E-state index < -0.39 is 17.4 Å². The molecule has 2 aromatic carbocycles. The standard InChI is InChI=1S/C21H23N3O3/c1-4-22-19(26)21(2,3)20(27)24-17-15-11-6-5-9-13(15)14-10-7-8-12-16(14)23-18(17)25/h5-12,17H,4H2,1-3H3,(H,22,26)(H,23,25)(H,24,27)/t17-/m0/s1. The molecule has 6 heteroatoms. The Bertz CT molecular complexity index is 905. The first kappa shape index (κ1) is 18.6. The highest BCUT2D eigenvalue weighted by Gasteiger charge is 2.39. The van der Waals surface area contributed by atoms with E-state index >= 15 is 0 Å². The summed E-state index contributed by atoms with van der Waals surface area (Å²) in [5.41, 5.74) is 1.84. The third-order valence-electron chi connectivity index (χ3n) is 4.76. The fourth-order valence-electron chi connectivity index (χ4n) is 3.11. The normalized spacial score (nSPS) is 15.7. The number of benzene rings is 2. The van der Waals surface area contributed by atoms with Gasteiger partial charge in [-0.05, 0) is 38.0 Å². The van der Waals surface area contributed by atoms with Crippen molar-refractivity contribution in [2.45, 2.75) is 26.8 Å². The van der Waals surface area contributed by atoms with Crippen molar-refractivity contribution in [2.24, 2.45) is 5.41 Å². The smallest absolute Gasteiger partial charge is 0.251 e. The Hall–Kier alpha value is -3.15. The molecule has 0 radical (unpaired) electrons. The van der Waals surface area contributed by atoms with Crippen molar-refractivity contribution in [2.75, 3.05) is 11.9 Å². The molecule has 27 heavy (non-hydrogen) atoms. The highest BCUT2D eigenvalue weighted by atomic mass is 16.2. The maximum absolute atomic E-state index is 12.9. The summed E-state index contributed by atoms with van der Waals surface area (Å²) >= 11 is 0. The third kappa shape index (κ3) is 3.43. The van der Waals surface area contributed by atoms with E-state index in [2.05, 4.69) is 16.0 Å². The Kier molecular flexibility index (Phi) is 4.99. The van der Waals surface area contributed by atoms with Crippen LogP contribution in [-0.2, 0) is 14.4 Å². The van der Waals surface area contributed by atoms with E-state index in [4.69, 9.17) is 0 Å². The Labute approximate surface area is 158 Å². The number of carbonyl (C=O) groups excluding carboxylic acids is 3. The summed E-state index contributed by atoms with van der Waals surface area (Å²) < 4.78 is 0. The van der Waals surface area contributed by atoms with Gasteiger partial charge in [0.25, 0.3) is 5.91 Å². The van der Waals surface area contributed by atoms with Gasteiger partial charge in [0.15, 0.2) is 0 Å². The zero-order valence-corrected chi connectivity index (χ0v) is 15.6. The summed E-state index contributed by atoms with van der Waals surface area (Å²) in [7, 11) is 0. The lowest BCUT2D eigenvalue weighted by Crippen LogP contribution is -2.50. The lowest BCUT2D eigenvalue weighted by atomic mass is 9.89. The predicted octanol–water partition coefficient (Wildman–Crippen LogP) is 2.63. The summed E-state index contributed by atoms with van der Waals surface area (Å²) in [5, 5.41) is 8.30. The molecule has 0 saturated heterocycles. The molecule has 3 amide bonds. The first-order valence-electron chi connectivity index (χ1n) is 8.94. The molecule has 1 aliphatic rings. The SMILES string of the molecule is CCNC(=O)C(C)(C)C(=O)N[C@@H]1C(=O)Nc2ccccc2-c2ccccc21. The fourth-order valence-corrected chi connectivity index (χ4v) is 3.11. The first-order chi connectivity index (χ1) is 12.9. The van der Waals surface area contributed by atoms with Gasteiger partial charge in [-0.2, -0.15) is 0 Å². The average Bonchev–Trinajstić information content (AvgIpc) is 2.77. The number of fused-ring (bicyclic) bond motifs is 3. The van der Waals surface area contributed by atoms with Gasteiger partial charge in [-0.3, -0.25) is 14.4 Å². The van der Waals surface area contributed by atoms with E-state index in [-0.39, 0.29) is 11.8 Å². The molecule has 0 fully saturated rings. The summed E-state index contributed by atoms with van der Waals surface area (Å²) in [4.78, 5) is 38.0. The van der Waals surface area contributed by atoms with Crippen LogP contribution in [0.2, 0.25) is 0 Å². The van der Waals surface area contributed by atoms with Crippen LogP contribution in [-0.4, -0.2) is 24.3 Å². The number of nitrogens with one attached hydrogen (secondary N) is 3. The molecule has 3 rings (SSSR count). The first-order valence-corrected chi connectivity index (χ1v) is 8.94. The molecular formula is C21H23N3O3. The Morgan fingerprint density at radius 1 is 1.00 bits per heavy atom. The Morgan fingerprint density at radius 3 is 2.33 bits per heavy atom. The van der Waals surface area contributed by atoms with Crippen LogP contribution in [0.5, 0.6) is 0 Å². The molecule has 1 atom stereocenters. The van der Waals surface area contributed by atoms with E-state index in [0.29, 0.717) is 17.8 Å². The molecule has 0 bridgehead atoms. The summed E-state index contributed by atoms with van der Waals surface area (Å²) in [5.74, 6) is -1.23. The molecule has 0 aromatic heterocycles. The van der Waals surface area contributed by atoms with Gasteiger partial charge in [0.1, 0.15) is 11.5 Å². The van der Waals surface area contributed by atoms with E-state index in [9.17, 15) is 14.4 Å². The molecular weight excluding hydrogens is 342 g/mol. The number of hydrogen-bond acceptors (Lipinski definition) is 3. The number of amides is 3. The van der Waals surface area contributed by atoms with Crippen molar-refractivity contribution in [3.8, 4) is 11.1 Å². The van der Waals surface area contributed by atoms with Gasteiger partial charge < -0.3 is 16.0 Å². The molecule has 0 saturated carbocycles. The number of carbonyl (C=O) groups is 3. The Morgan fingerprint density at radius 2 is 1.63 bits per heavy atom. The van der Waals surface area contributed by atoms with Crippen LogP contribution in [0.3, 0.4) is 0 Å². The second-order valence-corrected chi connectivity index (χ2v) is 7.01. The van der Waals surface area contributed by atoms with Gasteiger partial charge in [-0.15, -0.1) is 0 Å². The van der Waals surface area contributed by atoms with Crippen LogP contribution in [0, 0.1) is 5.41 Å². The molecule has 2 aromatic rings. The lowest BCUT2D eigenvalue weighted by molar-refractivity contribution is -0.142. The maximum Gasteiger partial charge on any atom is 0.251 e. The predicted molar refractivity (Wildman–Crippen MR) is 104 cm³/mol. The lowest BCUT2D eigenvalue weighted by Gasteiger charge is -2.26. The third-order valence-corrected chi connectivity index (χ3v) is 4.76. The zero-order valence-electron chi connectivity index (χ0n) is 15.6. The zero-order chi connectivity index (χ0) is 19.6. The summed E-state index contributed by atoms with van der Waals surface area (Å²) in [6.07, 6.45) is 0. The van der Waals surface area contributed by atoms with E-state index in [0.717, 1.165) is 11.1 Å². The van der Waals surface area contributed by atoms with Crippen LogP contribution < -0.4 is 16.0 Å². The molecule has 6 nitrogen and oxygen atoms in total. The number of hydrogen-bond donors (Lipinski definition) is 3. The minimum absolute atomic E-state index is 0.340. The van der Waals surface area contributed by atoms with Crippen LogP contribution in [0.25, 0.3) is 11.1 Å². The molecule has 0 unspecified atom stereocenters. The van der Waals surface area contributed by atoms with Crippen molar-refractivity contribution in [1.29, 1.82) is 0 Å². The van der Waals surface area contributed by atoms with Gasteiger partial charge in [0.2, 0.25) is 11.8 Å². The molecule has 1 aliphatic heterocycles. The van der Waals surface area contributed by atoms with Gasteiger partial charge in [-0.25, -0.2) is 0 Å². The van der Waals surface area contributed by atoms with Crippen molar-refractivity contribution in [3.05, 3.63) is 54.1 Å². The van der Waals surface area contributed by atoms with Crippen molar-refractivity contribution in [1.82, 2.24) is 10.6 Å². The molecule has 1 heterocycles. The molecule has 0 aliphatic carbocycles. The van der Waals surface area contributed by atoms with Crippen molar-refractivity contribution >= 4 is 23.4 Å². The minimum atomic E-state index is -1.30. The van der Waals surface area contributed by atoms with E-state index in [1.54, 1.807) is 20.8 Å². The van der Waals surface area contributed by atoms with Gasteiger partial charge in [0, 0.05) is 17.8 Å². The van der Waals surface area contributed by atoms with Crippen LogP contribution in [0.4, 0.5) is 5.69 Å². The van der Waals surface area contributed by atoms with Gasteiger partial charge in [0.05, 0.1) is 0 Å². The topological polar surface area (TPSA) is 87.3 Å². The molecule has 140 valence electrons. The van der Waals surface area contributed by atoms with Crippen LogP contribution in [0.1, 0.15) is 32.4 Å². The van der Waals surface area contributed by atoms with Crippen LogP contribution in [0.15, 0.2) is 48.5 Å². The second-order valence-electron chi connectivity index (χ2n) is 7.01. The monoisotopic (exact) mass is 365 g/mol. The fraction of sp³-hybridized carbons (Fsp3) is 0.286. The highest BCUT2D eigenvalue weighted by Crippen LogP contribution is 2.37. The number of para-hydroxylation sites is 1. The summed E-state index contributed by atoms with van der Waals surface area (Å²) in [6.45, 7) is 5.31. The molecule has 3 N–H and O–H groups in total. The summed E-state index contributed by atoms with van der Waals surface area (Å²) in [6, 6.07) is 14.1. The van der Waals surface area contributed by atoms with Crippen molar-refractivity contribution < 1.29 is 14.4 Å². The largest absolute Gasteiger partial charge is 0.355 e. The quantitative estimate of drug-likeness (QED) is 0.728. The highest BCUT2D eigenvalue weighted by molar-refractivity contribution is 6.08. The average molecular weight is 365 g/mol. The van der Waals surface area contributed by atoms with Gasteiger partial charge >= 0.3 is 0 Å². The molecule has 0 spiro atoms. The van der Waals surface area contributed by atoms with E-state index in [1.807, 2.05) is 48.5 Å². The Balaban J connectivity index is 1.98. The van der Waals surface area contributed by atoms with Crippen molar-refractivity contribution in [3.63, 3.8) is 0 Å². The second kappa shape index (κ2) is 7.23. The van der Waals surface area contributed by atoms with Gasteiger partial charge in [-0.1, -0.05) is 42.5 Å². The number of anilines is 1. The van der Waals surface area contributed by atoms with Crippen LogP contribution >= 0.6 is 0 Å². The number of rotatable bonds is 4. The maximum atomic E-state index is 12.9.